The van der Waals surface area contributed by atoms with Crippen LogP contribution in [0.4, 0.5) is 21.9 Å². The largest absolute Gasteiger partial charge is 0.465 e. The predicted octanol–water partition coefficient (Wildman–Crippen LogP) is 3.32. The highest BCUT2D eigenvalue weighted by atomic mass is 16.6. The predicted molar refractivity (Wildman–Crippen MR) is 79.6 cm³/mol. The minimum atomic E-state index is -1.23. The van der Waals surface area contributed by atoms with E-state index in [1.807, 2.05) is 0 Å². The molecule has 2 bridgehead atoms. The summed E-state index contributed by atoms with van der Waals surface area (Å²) in [5.74, 6) is 0.463. The van der Waals surface area contributed by atoms with E-state index in [4.69, 9.17) is 0 Å². The summed E-state index contributed by atoms with van der Waals surface area (Å²) in [7, 11) is 0. The second kappa shape index (κ2) is 5.18. The van der Waals surface area contributed by atoms with E-state index >= 15 is 0 Å². The lowest BCUT2D eigenvalue weighted by Gasteiger charge is -2.37. The van der Waals surface area contributed by atoms with Crippen LogP contribution in [0.1, 0.15) is 32.1 Å². The second-order valence-corrected chi connectivity index (χ2v) is 6.21. The minimum absolute atomic E-state index is 0.000880. The third kappa shape index (κ3) is 2.47. The fraction of sp³-hybridized carbons (Fsp3) is 0.500. The van der Waals surface area contributed by atoms with Crippen LogP contribution >= 0.6 is 0 Å². The minimum Gasteiger partial charge on any atom is -0.465 e. The molecule has 0 saturated heterocycles. The van der Waals surface area contributed by atoms with E-state index in [0.29, 0.717) is 25.2 Å². The molecule has 0 radical (unpaired) electrons. The van der Waals surface area contributed by atoms with Crippen molar-refractivity contribution in [2.45, 2.75) is 37.6 Å². The second-order valence-electron chi connectivity index (χ2n) is 6.21. The first kappa shape index (κ1) is 15.2. The normalized spacial score (nSPS) is 25.3. The molecule has 3 rings (SSSR count). The monoisotopic (exact) mass is 321 g/mol. The number of non-ortho nitro benzene ring substituents is 2. The van der Waals surface area contributed by atoms with E-state index < -0.39 is 32.9 Å². The lowest BCUT2D eigenvalue weighted by atomic mass is 9.91. The Balaban J connectivity index is 2.11. The van der Waals surface area contributed by atoms with Crippen molar-refractivity contribution in [3.05, 3.63) is 38.4 Å². The molecule has 2 fully saturated rings. The van der Waals surface area contributed by atoms with Crippen molar-refractivity contribution in [3.63, 3.8) is 0 Å². The molecule has 1 aromatic rings. The Hall–Kier alpha value is -2.71. The van der Waals surface area contributed by atoms with Gasteiger partial charge in [0.15, 0.2) is 0 Å². The molecule has 0 heterocycles. The van der Waals surface area contributed by atoms with Gasteiger partial charge in [0.2, 0.25) is 0 Å². The summed E-state index contributed by atoms with van der Waals surface area (Å²) in [5, 5.41) is 31.7. The standard InChI is InChI=1S/C14H15N3O6/c18-13(19)15(14-3-1-9(8-14)2-4-14)10-5-11(16(20)21)7-12(6-10)17(22)23/h5-7,9H,1-4,8H2,(H,18,19). The van der Waals surface area contributed by atoms with Gasteiger partial charge >= 0.3 is 6.09 Å². The molecule has 0 spiro atoms. The number of nitro benzene ring substituents is 2. The Morgan fingerprint density at radius 3 is 2.00 bits per heavy atom. The van der Waals surface area contributed by atoms with Crippen LogP contribution in [-0.2, 0) is 0 Å². The van der Waals surface area contributed by atoms with E-state index in [9.17, 15) is 30.1 Å². The number of hydrogen-bond donors (Lipinski definition) is 1. The molecule has 0 aromatic heterocycles. The smallest absolute Gasteiger partial charge is 0.412 e. The molecular weight excluding hydrogens is 306 g/mol. The number of nitrogens with zero attached hydrogens (tertiary/aromatic N) is 3. The Kier molecular flexibility index (Phi) is 3.42. The molecule has 1 aromatic carbocycles. The maximum absolute atomic E-state index is 11.8. The lowest BCUT2D eigenvalue weighted by molar-refractivity contribution is -0.394. The molecule has 122 valence electrons. The maximum atomic E-state index is 11.8. The Labute approximate surface area is 130 Å². The quantitative estimate of drug-likeness (QED) is 0.669. The molecule has 9 nitrogen and oxygen atoms in total. The SMILES string of the molecule is O=C(O)N(c1cc([N+](=O)[O-])cc([N+](=O)[O-])c1)C12CCC(CC1)C2. The van der Waals surface area contributed by atoms with Crippen LogP contribution in [0.5, 0.6) is 0 Å². The van der Waals surface area contributed by atoms with Gasteiger partial charge in [0.05, 0.1) is 27.1 Å². The van der Waals surface area contributed by atoms with Gasteiger partial charge in [0, 0.05) is 12.1 Å². The summed E-state index contributed by atoms with van der Waals surface area (Å²) >= 11 is 0. The van der Waals surface area contributed by atoms with Gasteiger partial charge in [-0.15, -0.1) is 0 Å². The highest BCUT2D eigenvalue weighted by Crippen LogP contribution is 2.52. The molecule has 1 N–H and O–H groups in total. The van der Waals surface area contributed by atoms with Crippen LogP contribution < -0.4 is 4.90 Å². The van der Waals surface area contributed by atoms with Crippen molar-refractivity contribution in [3.8, 4) is 0 Å². The first-order valence-corrected chi connectivity index (χ1v) is 7.29. The average Bonchev–Trinajstić information content (AvgIpc) is 3.07. The average molecular weight is 321 g/mol. The molecule has 0 atom stereocenters. The van der Waals surface area contributed by atoms with E-state index in [1.54, 1.807) is 0 Å². The number of hydrogen-bond acceptors (Lipinski definition) is 5. The highest BCUT2D eigenvalue weighted by molar-refractivity contribution is 5.89. The number of fused-ring (bicyclic) bond motifs is 2. The number of anilines is 1. The number of carbonyl (C=O) groups is 1. The van der Waals surface area contributed by atoms with Crippen molar-refractivity contribution in [1.29, 1.82) is 0 Å². The molecular formula is C14H15N3O6. The van der Waals surface area contributed by atoms with E-state index in [2.05, 4.69) is 0 Å². The first-order chi connectivity index (χ1) is 10.8. The Morgan fingerprint density at radius 2 is 1.65 bits per heavy atom. The van der Waals surface area contributed by atoms with Crippen molar-refractivity contribution < 1.29 is 19.7 Å². The molecule has 9 heteroatoms. The van der Waals surface area contributed by atoms with Crippen molar-refractivity contribution >= 4 is 23.2 Å². The van der Waals surface area contributed by atoms with Gasteiger partial charge in [-0.05, 0) is 38.0 Å². The molecule has 1 amide bonds. The van der Waals surface area contributed by atoms with Crippen LogP contribution in [0, 0.1) is 26.1 Å². The number of nitro groups is 2. The summed E-state index contributed by atoms with van der Waals surface area (Å²) < 4.78 is 0. The van der Waals surface area contributed by atoms with Crippen LogP contribution in [0.3, 0.4) is 0 Å². The Bertz CT molecular complexity index is 664. The maximum Gasteiger partial charge on any atom is 0.412 e. The van der Waals surface area contributed by atoms with E-state index in [0.717, 1.165) is 35.9 Å². The summed E-state index contributed by atoms with van der Waals surface area (Å²) in [6.45, 7) is 0. The van der Waals surface area contributed by atoms with Gasteiger partial charge in [-0.2, -0.15) is 0 Å². The number of carboxylic acid groups (broad SMARTS) is 1. The van der Waals surface area contributed by atoms with E-state index in [-0.39, 0.29) is 5.69 Å². The fourth-order valence-electron chi connectivity index (χ4n) is 3.98. The van der Waals surface area contributed by atoms with Crippen LogP contribution in [0.15, 0.2) is 18.2 Å². The molecule has 2 saturated carbocycles. The summed E-state index contributed by atoms with van der Waals surface area (Å²) in [4.78, 5) is 33.5. The number of amides is 1. The van der Waals surface area contributed by atoms with Crippen molar-refractivity contribution in [2.24, 2.45) is 5.92 Å². The molecule has 23 heavy (non-hydrogen) atoms. The highest BCUT2D eigenvalue weighted by Gasteiger charge is 2.51. The third-order valence-corrected chi connectivity index (χ3v) is 4.94. The molecule has 0 aliphatic heterocycles. The molecule has 2 aliphatic rings. The lowest BCUT2D eigenvalue weighted by Crippen LogP contribution is -2.49. The van der Waals surface area contributed by atoms with Crippen LogP contribution in [-0.4, -0.2) is 26.6 Å². The van der Waals surface area contributed by atoms with Gasteiger partial charge in [0.1, 0.15) is 0 Å². The molecule has 2 aliphatic carbocycles. The van der Waals surface area contributed by atoms with Gasteiger partial charge in [-0.1, -0.05) is 0 Å². The fourth-order valence-corrected chi connectivity index (χ4v) is 3.98. The van der Waals surface area contributed by atoms with Gasteiger partial charge < -0.3 is 5.11 Å². The van der Waals surface area contributed by atoms with Crippen LogP contribution in [0.25, 0.3) is 0 Å². The van der Waals surface area contributed by atoms with Gasteiger partial charge in [-0.25, -0.2) is 4.79 Å². The van der Waals surface area contributed by atoms with Crippen molar-refractivity contribution in [1.82, 2.24) is 0 Å². The van der Waals surface area contributed by atoms with Crippen LogP contribution in [0.2, 0.25) is 0 Å². The first-order valence-electron chi connectivity index (χ1n) is 7.29. The summed E-state index contributed by atoms with van der Waals surface area (Å²) in [6, 6.07) is 3.04. The van der Waals surface area contributed by atoms with Gasteiger partial charge in [0.25, 0.3) is 11.4 Å². The molecule has 0 unspecified atom stereocenters. The van der Waals surface area contributed by atoms with Gasteiger partial charge in [-0.3, -0.25) is 25.1 Å². The zero-order valence-electron chi connectivity index (χ0n) is 12.2. The summed E-state index contributed by atoms with van der Waals surface area (Å²) in [6.07, 6.45) is 2.67. The third-order valence-electron chi connectivity index (χ3n) is 4.94. The zero-order chi connectivity index (χ0) is 16.8. The number of benzene rings is 1. The topological polar surface area (TPSA) is 127 Å². The Morgan fingerprint density at radius 1 is 1.13 bits per heavy atom. The summed E-state index contributed by atoms with van der Waals surface area (Å²) in [5.41, 5.74) is -1.56. The zero-order valence-corrected chi connectivity index (χ0v) is 12.2. The number of rotatable bonds is 4. The van der Waals surface area contributed by atoms with Crippen molar-refractivity contribution in [2.75, 3.05) is 4.90 Å². The van der Waals surface area contributed by atoms with E-state index in [1.165, 1.54) is 0 Å².